The molecule has 0 aliphatic rings. The van der Waals surface area contributed by atoms with Crippen molar-refractivity contribution in [3.8, 4) is 0 Å². The van der Waals surface area contributed by atoms with Crippen molar-refractivity contribution in [2.75, 3.05) is 33.4 Å². The van der Waals surface area contributed by atoms with E-state index in [1.165, 1.54) is 6.08 Å². The third-order valence-electron chi connectivity index (χ3n) is 2.39. The van der Waals surface area contributed by atoms with Crippen LogP contribution in [0.3, 0.4) is 0 Å². The Morgan fingerprint density at radius 2 is 1.54 bits per heavy atom. The number of nitrogens with zero attached hydrogens (tertiary/aromatic N) is 1. The Hall–Kier alpha value is -2.48. The Morgan fingerprint density at radius 1 is 1.00 bits per heavy atom. The highest BCUT2D eigenvalue weighted by atomic mass is 32.1. The van der Waals surface area contributed by atoms with Crippen molar-refractivity contribution in [2.24, 2.45) is 0 Å². The van der Waals surface area contributed by atoms with E-state index in [0.717, 1.165) is 12.2 Å². The molecular weight excluding hydrogens is 334 g/mol. The third kappa shape index (κ3) is 11.1. The van der Waals surface area contributed by atoms with Crippen LogP contribution in [0.5, 0.6) is 0 Å². The van der Waals surface area contributed by atoms with Crippen molar-refractivity contribution in [1.29, 1.82) is 0 Å². The van der Waals surface area contributed by atoms with Crippen LogP contribution in [-0.2, 0) is 28.6 Å². The summed E-state index contributed by atoms with van der Waals surface area (Å²) < 4.78 is 14.3. The number of carbonyl (C=O) groups is 3. The molecule has 0 aromatic heterocycles. The number of carbonyl (C=O) groups excluding carboxylic acids is 3. The minimum Gasteiger partial charge on any atom is -0.461 e. The van der Waals surface area contributed by atoms with Crippen LogP contribution in [0.1, 0.15) is 0 Å². The summed E-state index contributed by atoms with van der Waals surface area (Å²) in [5.74, 6) is -1.70. The molecule has 0 aliphatic heterocycles. The van der Waals surface area contributed by atoms with Crippen molar-refractivity contribution in [3.05, 3.63) is 48.6 Å². The largest absolute Gasteiger partial charge is 0.461 e. The average Bonchev–Trinajstić information content (AvgIpc) is 2.57. The first-order chi connectivity index (χ1) is 11.4. The molecule has 0 bridgehead atoms. The molecule has 0 atom stereocenters. The van der Waals surface area contributed by atoms with E-state index in [1.54, 1.807) is 24.2 Å². The summed E-state index contributed by atoms with van der Waals surface area (Å²) in [6.45, 7) is 7.09. The summed E-state index contributed by atoms with van der Waals surface area (Å²) >= 11 is 4.01. The van der Waals surface area contributed by atoms with Gasteiger partial charge in [0.2, 0.25) is 0 Å². The van der Waals surface area contributed by atoms with Crippen LogP contribution in [0.2, 0.25) is 0 Å². The van der Waals surface area contributed by atoms with Gasteiger partial charge in [0, 0.05) is 19.2 Å². The molecule has 0 fully saturated rings. The van der Waals surface area contributed by atoms with Gasteiger partial charge in [0.1, 0.15) is 19.8 Å². The van der Waals surface area contributed by atoms with Crippen LogP contribution in [-0.4, -0.2) is 56.2 Å². The van der Waals surface area contributed by atoms with E-state index in [0.29, 0.717) is 6.54 Å². The minimum atomic E-state index is -0.639. The van der Waals surface area contributed by atoms with E-state index in [4.69, 9.17) is 9.47 Å². The zero-order chi connectivity index (χ0) is 18.4. The van der Waals surface area contributed by atoms with Crippen LogP contribution >= 0.6 is 12.6 Å². The van der Waals surface area contributed by atoms with E-state index in [1.807, 2.05) is 0 Å². The van der Waals surface area contributed by atoms with Gasteiger partial charge in [-0.25, -0.2) is 14.4 Å². The number of esters is 3. The molecule has 7 nitrogen and oxygen atoms in total. The molecule has 0 saturated carbocycles. The second-order valence-corrected chi connectivity index (χ2v) is 4.74. The molecule has 24 heavy (non-hydrogen) atoms. The number of allylic oxidation sites excluding steroid dienone is 2. The zero-order valence-corrected chi connectivity index (χ0v) is 14.4. The molecular formula is C16H21NO6S. The number of ether oxygens (including phenoxy) is 3. The highest BCUT2D eigenvalue weighted by molar-refractivity contribution is 7.85. The van der Waals surface area contributed by atoms with Gasteiger partial charge in [0.05, 0.1) is 11.4 Å². The van der Waals surface area contributed by atoms with Gasteiger partial charge >= 0.3 is 17.9 Å². The summed E-state index contributed by atoms with van der Waals surface area (Å²) in [6.07, 6.45) is 6.84. The Kier molecular flexibility index (Phi) is 11.7. The highest BCUT2D eigenvalue weighted by Crippen LogP contribution is 2.04. The Balaban J connectivity index is 4.06. The maximum Gasteiger partial charge on any atom is 0.344 e. The van der Waals surface area contributed by atoms with Gasteiger partial charge in [-0.15, -0.1) is 12.6 Å². The minimum absolute atomic E-state index is 0.0559. The molecule has 0 spiro atoms. The maximum absolute atomic E-state index is 11.6. The number of rotatable bonds is 11. The number of thiol groups is 1. The van der Waals surface area contributed by atoms with Crippen LogP contribution < -0.4 is 0 Å². The van der Waals surface area contributed by atoms with Crippen molar-refractivity contribution in [1.82, 2.24) is 4.90 Å². The van der Waals surface area contributed by atoms with Gasteiger partial charge < -0.3 is 19.1 Å². The molecule has 8 heteroatoms. The van der Waals surface area contributed by atoms with Crippen LogP contribution in [0.15, 0.2) is 48.6 Å². The lowest BCUT2D eigenvalue weighted by Gasteiger charge is -2.12. The molecule has 0 saturated heterocycles. The van der Waals surface area contributed by atoms with E-state index in [-0.39, 0.29) is 24.7 Å². The van der Waals surface area contributed by atoms with Crippen LogP contribution in [0.4, 0.5) is 0 Å². The van der Waals surface area contributed by atoms with E-state index < -0.39 is 17.9 Å². The molecule has 0 amide bonds. The lowest BCUT2D eigenvalue weighted by molar-refractivity contribution is -0.146. The van der Waals surface area contributed by atoms with Crippen molar-refractivity contribution in [2.45, 2.75) is 0 Å². The molecule has 0 radical (unpaired) electrons. The van der Waals surface area contributed by atoms with Gasteiger partial charge in [0.15, 0.2) is 0 Å². The monoisotopic (exact) mass is 355 g/mol. The average molecular weight is 355 g/mol. The summed E-state index contributed by atoms with van der Waals surface area (Å²) in [7, 11) is 1.77. The van der Waals surface area contributed by atoms with Crippen LogP contribution in [0.25, 0.3) is 0 Å². The van der Waals surface area contributed by atoms with Gasteiger partial charge in [-0.3, -0.25) is 0 Å². The van der Waals surface area contributed by atoms with Crippen LogP contribution in [0, 0.1) is 0 Å². The molecule has 0 N–H and O–H groups in total. The molecule has 0 aromatic rings. The molecule has 0 heterocycles. The smallest absolute Gasteiger partial charge is 0.344 e. The standard InChI is InChI=1S/C16H21NO6S/c1-4-14(18)21-10-9-17(3)8-6-7-13(24)16(20)23-12-11-22-15(19)5-2/h4-8,24H,1-2,9-12H2,3H3/b8-6+,13-7-. The fourth-order valence-corrected chi connectivity index (χ4v) is 1.33. The Bertz CT molecular complexity index is 527. The van der Waals surface area contributed by atoms with Gasteiger partial charge in [-0.05, 0) is 18.4 Å². The fraction of sp³-hybridized carbons (Fsp3) is 0.312. The second-order valence-electron chi connectivity index (χ2n) is 4.25. The quantitative estimate of drug-likeness (QED) is 0.149. The molecule has 0 aromatic carbocycles. The topological polar surface area (TPSA) is 82.1 Å². The first kappa shape index (κ1) is 21.5. The van der Waals surface area contributed by atoms with Crippen molar-refractivity contribution < 1.29 is 28.6 Å². The highest BCUT2D eigenvalue weighted by Gasteiger charge is 2.06. The predicted molar refractivity (Wildman–Crippen MR) is 92.1 cm³/mol. The summed E-state index contributed by atoms with van der Waals surface area (Å²) in [5.41, 5.74) is 0. The Labute approximate surface area is 146 Å². The molecule has 0 aliphatic carbocycles. The summed E-state index contributed by atoms with van der Waals surface area (Å²) in [6, 6.07) is 0. The van der Waals surface area contributed by atoms with Gasteiger partial charge in [0.25, 0.3) is 0 Å². The maximum atomic E-state index is 11.6. The first-order valence-corrected chi connectivity index (χ1v) is 7.38. The second kappa shape index (κ2) is 13.0. The Morgan fingerprint density at radius 3 is 2.12 bits per heavy atom. The predicted octanol–water partition coefficient (Wildman–Crippen LogP) is 1.25. The first-order valence-electron chi connectivity index (χ1n) is 6.94. The number of likely N-dealkylation sites (N-methyl/N-ethyl adjacent to an activating group) is 1. The summed E-state index contributed by atoms with van der Waals surface area (Å²) in [5, 5.41) is 0. The van der Waals surface area contributed by atoms with E-state index in [9.17, 15) is 14.4 Å². The fourth-order valence-electron chi connectivity index (χ4n) is 1.18. The van der Waals surface area contributed by atoms with Crippen molar-refractivity contribution in [3.63, 3.8) is 0 Å². The molecule has 0 unspecified atom stereocenters. The van der Waals surface area contributed by atoms with Crippen molar-refractivity contribution >= 4 is 30.5 Å². The van der Waals surface area contributed by atoms with Gasteiger partial charge in [-0.1, -0.05) is 13.2 Å². The SMILES string of the molecule is C=CC(=O)OCCOC(=O)/C(S)=C/C=C/N(C)CCOC(=O)C=C. The molecule has 132 valence electrons. The zero-order valence-electron chi connectivity index (χ0n) is 13.5. The lowest BCUT2D eigenvalue weighted by Crippen LogP contribution is -2.18. The normalized spacial score (nSPS) is 10.8. The third-order valence-corrected chi connectivity index (χ3v) is 2.72. The summed E-state index contributed by atoms with van der Waals surface area (Å²) in [4.78, 5) is 35.0. The van der Waals surface area contributed by atoms with E-state index >= 15 is 0 Å². The number of hydrogen-bond acceptors (Lipinski definition) is 8. The van der Waals surface area contributed by atoms with Gasteiger partial charge in [-0.2, -0.15) is 0 Å². The lowest BCUT2D eigenvalue weighted by atomic mass is 10.4. The molecule has 0 rings (SSSR count). The van der Waals surface area contributed by atoms with E-state index in [2.05, 4.69) is 30.5 Å². The number of hydrogen-bond donors (Lipinski definition) is 1.